The summed E-state index contributed by atoms with van der Waals surface area (Å²) in [5.74, 6) is -1.47. The maximum absolute atomic E-state index is 13.8. The molecule has 34 heavy (non-hydrogen) atoms. The average Bonchev–Trinajstić information content (AvgIpc) is 3.21. The van der Waals surface area contributed by atoms with Gasteiger partial charge in [0, 0.05) is 35.9 Å². The van der Waals surface area contributed by atoms with Gasteiger partial charge in [0.1, 0.15) is 12.1 Å². The summed E-state index contributed by atoms with van der Waals surface area (Å²) in [5.41, 5.74) is 5.89. The molecular weight excluding hydrogens is 466 g/mol. The highest BCUT2D eigenvalue weighted by Gasteiger charge is 2.72. The second-order valence-corrected chi connectivity index (χ2v) is 9.11. The number of nitrogens with two attached hydrogens (primary N) is 1. The van der Waals surface area contributed by atoms with E-state index in [0.29, 0.717) is 22.7 Å². The number of oxazole rings is 1. The molecule has 2 fully saturated rings. The molecule has 4 N–H and O–H groups in total. The van der Waals surface area contributed by atoms with Crippen molar-refractivity contribution in [2.45, 2.75) is 24.7 Å². The van der Waals surface area contributed by atoms with Crippen LogP contribution in [0.2, 0.25) is 5.02 Å². The van der Waals surface area contributed by atoms with Crippen molar-refractivity contribution in [2.24, 2.45) is 11.7 Å². The second kappa shape index (κ2) is 7.05. The number of piperazine rings is 1. The van der Waals surface area contributed by atoms with E-state index in [-0.39, 0.29) is 53.0 Å². The van der Waals surface area contributed by atoms with Gasteiger partial charge >= 0.3 is 6.09 Å². The Morgan fingerprint density at radius 2 is 2.21 bits per heavy atom. The highest BCUT2D eigenvalue weighted by molar-refractivity contribution is 6.31. The van der Waals surface area contributed by atoms with Crippen LogP contribution in [0.1, 0.15) is 6.92 Å². The summed E-state index contributed by atoms with van der Waals surface area (Å²) in [6, 6.07) is 4.99. The van der Waals surface area contributed by atoms with Crippen LogP contribution in [-0.2, 0) is 19.1 Å². The van der Waals surface area contributed by atoms with Crippen LogP contribution >= 0.6 is 11.6 Å². The lowest BCUT2D eigenvalue weighted by Crippen LogP contribution is -2.55. The second-order valence-electron chi connectivity index (χ2n) is 8.68. The SMILES string of the molecule is COC12[C@@H]3N[C@@H]3CN1C1=C(C(=O)C(Nc3nc4cc(Cl)ccc4o3)=C(C)C1=O)[C@@H]2COC(N)=O. The summed E-state index contributed by atoms with van der Waals surface area (Å²) in [6.45, 7) is 1.85. The standard InChI is InChI=1S/C22H20ClN5O6/c1-8-15(27-21-26-11-5-9(23)3-4-13(11)34-21)18(30)14-10(7-33-20(24)31)22(32-2)19-12(25-19)6-28(22)16(14)17(8)29/h3-5,10,12,19,25H,6-7H2,1-2H3,(H2,24,31)(H,26,27)/t10-,12+,19+,22?/m0/s1. The minimum Gasteiger partial charge on any atom is -0.449 e. The van der Waals surface area contributed by atoms with Crippen LogP contribution in [0, 0.1) is 5.92 Å². The third-order valence-electron chi connectivity index (χ3n) is 7.01. The summed E-state index contributed by atoms with van der Waals surface area (Å²) in [5, 5.41) is 6.69. The Hall–Kier alpha value is -3.41. The average molecular weight is 486 g/mol. The molecule has 12 heteroatoms. The Morgan fingerprint density at radius 3 is 2.94 bits per heavy atom. The number of ether oxygens (including phenoxy) is 2. The van der Waals surface area contributed by atoms with E-state index in [0.717, 1.165) is 0 Å². The first-order chi connectivity index (χ1) is 16.3. The lowest BCUT2D eigenvalue weighted by molar-refractivity contribution is -0.137. The van der Waals surface area contributed by atoms with E-state index < -0.39 is 23.5 Å². The number of carbonyl (C=O) groups excluding carboxylic acids is 3. The molecule has 2 saturated heterocycles. The molecule has 0 spiro atoms. The maximum Gasteiger partial charge on any atom is 0.404 e. The van der Waals surface area contributed by atoms with Gasteiger partial charge in [-0.25, -0.2) is 4.79 Å². The monoisotopic (exact) mass is 485 g/mol. The van der Waals surface area contributed by atoms with Gasteiger partial charge in [-0.2, -0.15) is 4.98 Å². The summed E-state index contributed by atoms with van der Waals surface area (Å²) in [7, 11) is 1.52. The molecule has 6 rings (SSSR count). The fraction of sp³-hybridized carbons (Fsp3) is 0.364. The zero-order chi connectivity index (χ0) is 23.9. The fourth-order valence-electron chi connectivity index (χ4n) is 5.50. The number of benzene rings is 1. The van der Waals surface area contributed by atoms with Crippen molar-refractivity contribution in [2.75, 3.05) is 25.6 Å². The number of carbonyl (C=O) groups is 3. The number of methoxy groups -OCH3 is 1. The number of primary amides is 1. The zero-order valence-corrected chi connectivity index (χ0v) is 18.9. The Morgan fingerprint density at radius 1 is 1.41 bits per heavy atom. The normalized spacial score (nSPS) is 29.5. The molecule has 1 aromatic heterocycles. The first-order valence-electron chi connectivity index (χ1n) is 10.6. The van der Waals surface area contributed by atoms with Crippen LogP contribution in [-0.4, -0.2) is 65.6 Å². The number of amides is 1. The van der Waals surface area contributed by atoms with Gasteiger partial charge in [-0.1, -0.05) is 11.6 Å². The van der Waals surface area contributed by atoms with Gasteiger partial charge in [0.05, 0.1) is 23.4 Å². The smallest absolute Gasteiger partial charge is 0.404 e. The molecular formula is C22H20ClN5O6. The van der Waals surface area contributed by atoms with Crippen molar-refractivity contribution in [3.63, 3.8) is 0 Å². The minimum atomic E-state index is -1.04. The number of fused-ring (bicyclic) bond motifs is 5. The van der Waals surface area contributed by atoms with E-state index in [9.17, 15) is 14.4 Å². The van der Waals surface area contributed by atoms with Gasteiger partial charge < -0.3 is 35.2 Å². The molecule has 0 saturated carbocycles. The lowest BCUT2D eigenvalue weighted by atomic mass is 9.82. The molecule has 1 aliphatic carbocycles. The van der Waals surface area contributed by atoms with Crippen molar-refractivity contribution in [3.05, 3.63) is 45.8 Å². The molecule has 1 unspecified atom stereocenters. The maximum atomic E-state index is 13.8. The fourth-order valence-corrected chi connectivity index (χ4v) is 5.67. The number of aromatic nitrogens is 1. The van der Waals surface area contributed by atoms with Gasteiger partial charge in [-0.05, 0) is 25.1 Å². The van der Waals surface area contributed by atoms with Crippen molar-refractivity contribution in [3.8, 4) is 0 Å². The van der Waals surface area contributed by atoms with Crippen LogP contribution in [0.5, 0.6) is 0 Å². The number of Topliss-reactive ketones (excluding diaryl/α,β-unsaturated/α-hetero) is 2. The Balaban J connectivity index is 1.40. The molecule has 4 atom stereocenters. The van der Waals surface area contributed by atoms with E-state index >= 15 is 0 Å². The van der Waals surface area contributed by atoms with Crippen LogP contribution in [0.3, 0.4) is 0 Å². The van der Waals surface area contributed by atoms with Gasteiger partial charge in [-0.3, -0.25) is 9.59 Å². The lowest BCUT2D eigenvalue weighted by Gasteiger charge is -2.39. The molecule has 2 aromatic rings. The highest BCUT2D eigenvalue weighted by atomic mass is 35.5. The zero-order valence-electron chi connectivity index (χ0n) is 18.2. The summed E-state index contributed by atoms with van der Waals surface area (Å²) in [6.07, 6.45) is -0.977. The number of halogens is 1. The number of allylic oxidation sites excluding steroid dienone is 2. The summed E-state index contributed by atoms with van der Waals surface area (Å²) < 4.78 is 16.8. The molecule has 4 heterocycles. The van der Waals surface area contributed by atoms with E-state index in [1.807, 2.05) is 4.90 Å². The van der Waals surface area contributed by atoms with E-state index in [1.54, 1.807) is 25.1 Å². The first kappa shape index (κ1) is 21.1. The molecule has 11 nitrogen and oxygen atoms in total. The van der Waals surface area contributed by atoms with Crippen LogP contribution in [0.15, 0.2) is 45.2 Å². The van der Waals surface area contributed by atoms with Crippen LogP contribution in [0.4, 0.5) is 10.8 Å². The highest BCUT2D eigenvalue weighted by Crippen LogP contribution is 2.55. The number of ketones is 2. The number of hydrogen-bond donors (Lipinski definition) is 3. The number of rotatable bonds is 5. The minimum absolute atomic E-state index is 0.0400. The van der Waals surface area contributed by atoms with Crippen molar-refractivity contribution < 1.29 is 28.3 Å². The Bertz CT molecular complexity index is 1360. The first-order valence-corrected chi connectivity index (χ1v) is 11.0. The number of nitrogens with zero attached hydrogens (tertiary/aromatic N) is 2. The molecule has 0 radical (unpaired) electrons. The molecule has 1 amide bonds. The third-order valence-corrected chi connectivity index (χ3v) is 7.24. The largest absolute Gasteiger partial charge is 0.449 e. The van der Waals surface area contributed by atoms with Crippen molar-refractivity contribution in [1.29, 1.82) is 0 Å². The Kier molecular flexibility index (Phi) is 4.38. The van der Waals surface area contributed by atoms with Crippen molar-refractivity contribution >= 4 is 46.4 Å². The molecule has 3 aliphatic heterocycles. The predicted molar refractivity (Wildman–Crippen MR) is 119 cm³/mol. The van der Waals surface area contributed by atoms with E-state index in [1.165, 1.54) is 7.11 Å². The predicted octanol–water partition coefficient (Wildman–Crippen LogP) is 1.30. The van der Waals surface area contributed by atoms with Gasteiger partial charge in [0.15, 0.2) is 11.3 Å². The number of hydrogen-bond acceptors (Lipinski definition) is 10. The summed E-state index contributed by atoms with van der Waals surface area (Å²) >= 11 is 6.02. The van der Waals surface area contributed by atoms with Gasteiger partial charge in [0.2, 0.25) is 11.6 Å². The summed E-state index contributed by atoms with van der Waals surface area (Å²) in [4.78, 5) is 44.9. The van der Waals surface area contributed by atoms with E-state index in [2.05, 4.69) is 15.6 Å². The number of nitrogens with one attached hydrogen (secondary N) is 2. The molecule has 0 bridgehead atoms. The topological polar surface area (TPSA) is 159 Å². The third kappa shape index (κ3) is 2.71. The quantitative estimate of drug-likeness (QED) is 0.416. The molecule has 4 aliphatic rings. The Labute approximate surface area is 197 Å². The van der Waals surface area contributed by atoms with Gasteiger partial charge in [-0.15, -0.1) is 0 Å². The van der Waals surface area contributed by atoms with Crippen LogP contribution < -0.4 is 16.4 Å². The van der Waals surface area contributed by atoms with Gasteiger partial charge in [0.25, 0.3) is 6.01 Å². The van der Waals surface area contributed by atoms with E-state index in [4.69, 9.17) is 31.2 Å². The van der Waals surface area contributed by atoms with Crippen molar-refractivity contribution in [1.82, 2.24) is 15.2 Å². The molecule has 1 aromatic carbocycles. The van der Waals surface area contributed by atoms with Crippen LogP contribution in [0.25, 0.3) is 11.1 Å². The molecule has 176 valence electrons. The number of anilines is 1.